The third kappa shape index (κ3) is 4.38. The first-order valence-corrected chi connectivity index (χ1v) is 6.54. The van der Waals surface area contributed by atoms with Crippen LogP contribution in [-0.2, 0) is 20.9 Å². The quantitative estimate of drug-likeness (QED) is 0.732. The van der Waals surface area contributed by atoms with E-state index in [2.05, 4.69) is 0 Å². The maximum absolute atomic E-state index is 11.2. The molecule has 0 fully saturated rings. The number of aliphatic hydroxyl groups excluding tert-OH is 2. The van der Waals surface area contributed by atoms with Crippen LogP contribution >= 0.6 is 11.3 Å². The van der Waals surface area contributed by atoms with Crippen LogP contribution in [-0.4, -0.2) is 36.0 Å². The van der Waals surface area contributed by atoms with Gasteiger partial charge < -0.3 is 19.7 Å². The van der Waals surface area contributed by atoms with Crippen molar-refractivity contribution in [3.63, 3.8) is 0 Å². The van der Waals surface area contributed by atoms with Gasteiger partial charge in [-0.3, -0.25) is 4.79 Å². The largest absolute Gasteiger partial charge is 0.466 e. The van der Waals surface area contributed by atoms with E-state index in [0.29, 0.717) is 12.2 Å². The van der Waals surface area contributed by atoms with Gasteiger partial charge in [0, 0.05) is 12.0 Å². The van der Waals surface area contributed by atoms with Crippen molar-refractivity contribution >= 4 is 17.3 Å². The summed E-state index contributed by atoms with van der Waals surface area (Å²) in [5.41, 5.74) is 0.587. The maximum atomic E-state index is 11.2. The number of hydrogen-bond donors (Lipinski definition) is 2. The van der Waals surface area contributed by atoms with Gasteiger partial charge in [0.25, 0.3) is 0 Å². The second-order valence-electron chi connectivity index (χ2n) is 3.80. The number of carbonyl (C=O) groups excluding carboxylic acids is 1. The second kappa shape index (κ2) is 7.48. The number of carbonyl (C=O) groups is 1. The van der Waals surface area contributed by atoms with Crippen LogP contribution in [0.1, 0.15) is 29.9 Å². The third-order valence-electron chi connectivity index (χ3n) is 2.35. The standard InChI is InChI=1S/C12H18O5S/c1-3-17-11(14)5-10(13)12(15)8-4-9(6-16-2)18-7-8/h4,7,10,12-13,15H,3,5-6H2,1-2H3. The van der Waals surface area contributed by atoms with Crippen LogP contribution in [0.4, 0.5) is 0 Å². The fraction of sp³-hybridized carbons (Fsp3) is 0.583. The molecule has 6 heteroatoms. The van der Waals surface area contributed by atoms with E-state index in [9.17, 15) is 15.0 Å². The molecule has 1 aromatic heterocycles. The highest BCUT2D eigenvalue weighted by molar-refractivity contribution is 7.10. The SMILES string of the molecule is CCOC(=O)CC(O)C(O)c1csc(COC)c1. The van der Waals surface area contributed by atoms with Gasteiger partial charge in [-0.2, -0.15) is 0 Å². The lowest BCUT2D eigenvalue weighted by Gasteiger charge is -2.15. The summed E-state index contributed by atoms with van der Waals surface area (Å²) in [6.45, 7) is 2.42. The second-order valence-corrected chi connectivity index (χ2v) is 4.80. The van der Waals surface area contributed by atoms with Crippen LogP contribution in [0.5, 0.6) is 0 Å². The molecule has 0 aromatic carbocycles. The molecular formula is C12H18O5S. The average Bonchev–Trinajstić information content (AvgIpc) is 2.77. The number of hydrogen-bond acceptors (Lipinski definition) is 6. The van der Waals surface area contributed by atoms with Gasteiger partial charge in [0.15, 0.2) is 0 Å². The van der Waals surface area contributed by atoms with Gasteiger partial charge in [-0.15, -0.1) is 11.3 Å². The molecule has 1 heterocycles. The predicted molar refractivity (Wildman–Crippen MR) is 67.2 cm³/mol. The monoisotopic (exact) mass is 274 g/mol. The van der Waals surface area contributed by atoms with Crippen LogP contribution in [0.15, 0.2) is 11.4 Å². The maximum Gasteiger partial charge on any atom is 0.308 e. The van der Waals surface area contributed by atoms with E-state index in [1.54, 1.807) is 25.5 Å². The van der Waals surface area contributed by atoms with E-state index in [1.807, 2.05) is 0 Å². The molecule has 2 atom stereocenters. The van der Waals surface area contributed by atoms with E-state index in [0.717, 1.165) is 4.88 Å². The Kier molecular flexibility index (Phi) is 6.28. The van der Waals surface area contributed by atoms with Gasteiger partial charge in [0.05, 0.1) is 25.7 Å². The first kappa shape index (κ1) is 15.1. The summed E-state index contributed by atoms with van der Waals surface area (Å²) >= 11 is 1.44. The Morgan fingerprint density at radius 1 is 1.50 bits per heavy atom. The average molecular weight is 274 g/mol. The third-order valence-corrected chi connectivity index (χ3v) is 3.28. The van der Waals surface area contributed by atoms with E-state index >= 15 is 0 Å². The van der Waals surface area contributed by atoms with Gasteiger partial charge >= 0.3 is 5.97 Å². The molecule has 5 nitrogen and oxygen atoms in total. The molecule has 0 saturated heterocycles. The number of methoxy groups -OCH3 is 1. The minimum Gasteiger partial charge on any atom is -0.466 e. The highest BCUT2D eigenvalue weighted by Gasteiger charge is 2.23. The number of ether oxygens (including phenoxy) is 2. The van der Waals surface area contributed by atoms with Crippen molar-refractivity contribution in [1.29, 1.82) is 0 Å². The minimum atomic E-state index is -1.16. The molecule has 2 unspecified atom stereocenters. The lowest BCUT2D eigenvalue weighted by Crippen LogP contribution is -2.22. The highest BCUT2D eigenvalue weighted by atomic mass is 32.1. The fourth-order valence-electron chi connectivity index (χ4n) is 1.50. The zero-order valence-electron chi connectivity index (χ0n) is 10.5. The first-order chi connectivity index (χ1) is 8.58. The van der Waals surface area contributed by atoms with Crippen molar-refractivity contribution < 1.29 is 24.5 Å². The van der Waals surface area contributed by atoms with Crippen LogP contribution in [0.25, 0.3) is 0 Å². The van der Waals surface area contributed by atoms with Gasteiger partial charge in [0.2, 0.25) is 0 Å². The highest BCUT2D eigenvalue weighted by Crippen LogP contribution is 2.25. The molecule has 0 saturated carbocycles. The zero-order chi connectivity index (χ0) is 13.5. The van der Waals surface area contributed by atoms with Crippen LogP contribution in [0.3, 0.4) is 0 Å². The normalized spacial score (nSPS) is 14.2. The number of esters is 1. The van der Waals surface area contributed by atoms with E-state index in [-0.39, 0.29) is 13.0 Å². The molecule has 18 heavy (non-hydrogen) atoms. The van der Waals surface area contributed by atoms with Gasteiger partial charge in [-0.05, 0) is 23.9 Å². The smallest absolute Gasteiger partial charge is 0.308 e. The summed E-state index contributed by atoms with van der Waals surface area (Å²) in [5.74, 6) is -0.517. The fourth-order valence-corrected chi connectivity index (χ4v) is 2.38. The summed E-state index contributed by atoms with van der Waals surface area (Å²) in [7, 11) is 1.59. The van der Waals surface area contributed by atoms with Crippen LogP contribution in [0.2, 0.25) is 0 Å². The molecule has 0 spiro atoms. The van der Waals surface area contributed by atoms with Crippen LogP contribution < -0.4 is 0 Å². The summed E-state index contributed by atoms with van der Waals surface area (Å²) in [4.78, 5) is 12.1. The molecule has 0 aliphatic carbocycles. The van der Waals surface area contributed by atoms with Gasteiger partial charge in [-0.1, -0.05) is 0 Å². The summed E-state index contributed by atoms with van der Waals surface area (Å²) in [6.07, 6.45) is -2.46. The number of rotatable bonds is 7. The minimum absolute atomic E-state index is 0.218. The lowest BCUT2D eigenvalue weighted by molar-refractivity contribution is -0.147. The Hall–Kier alpha value is -0.950. The van der Waals surface area contributed by atoms with Crippen molar-refractivity contribution in [3.8, 4) is 0 Å². The van der Waals surface area contributed by atoms with Crippen molar-refractivity contribution in [3.05, 3.63) is 21.9 Å². The molecule has 0 aliphatic rings. The molecule has 0 bridgehead atoms. The van der Waals surface area contributed by atoms with E-state index in [1.165, 1.54) is 11.3 Å². The number of aliphatic hydroxyl groups is 2. The van der Waals surface area contributed by atoms with E-state index in [4.69, 9.17) is 9.47 Å². The number of thiophene rings is 1. The van der Waals surface area contributed by atoms with Crippen molar-refractivity contribution in [2.24, 2.45) is 0 Å². The first-order valence-electron chi connectivity index (χ1n) is 5.66. The molecular weight excluding hydrogens is 256 g/mol. The van der Waals surface area contributed by atoms with E-state index < -0.39 is 18.2 Å². The van der Waals surface area contributed by atoms with Gasteiger partial charge in [-0.25, -0.2) is 0 Å². The Morgan fingerprint density at radius 2 is 2.22 bits per heavy atom. The molecule has 0 amide bonds. The molecule has 1 rings (SSSR count). The summed E-state index contributed by atoms with van der Waals surface area (Å²) < 4.78 is 9.69. The summed E-state index contributed by atoms with van der Waals surface area (Å²) in [5, 5.41) is 21.4. The van der Waals surface area contributed by atoms with Crippen molar-refractivity contribution in [1.82, 2.24) is 0 Å². The predicted octanol–water partition coefficient (Wildman–Crippen LogP) is 1.24. The molecule has 1 aromatic rings. The molecule has 102 valence electrons. The van der Waals surface area contributed by atoms with Crippen LogP contribution in [0, 0.1) is 0 Å². The zero-order valence-corrected chi connectivity index (χ0v) is 11.3. The Balaban J connectivity index is 2.56. The lowest BCUT2D eigenvalue weighted by atomic mass is 10.1. The van der Waals surface area contributed by atoms with Crippen molar-refractivity contribution in [2.75, 3.05) is 13.7 Å². The Morgan fingerprint density at radius 3 is 2.83 bits per heavy atom. The molecule has 2 N–H and O–H groups in total. The Labute approximate surface area is 110 Å². The van der Waals surface area contributed by atoms with Gasteiger partial charge in [0.1, 0.15) is 6.10 Å². The summed E-state index contributed by atoms with van der Waals surface area (Å²) in [6, 6.07) is 1.76. The topological polar surface area (TPSA) is 76.0 Å². The van der Waals surface area contributed by atoms with Crippen molar-refractivity contribution in [2.45, 2.75) is 32.2 Å². The Bertz CT molecular complexity index is 376. The molecule has 0 aliphatic heterocycles. The molecule has 0 radical (unpaired) electrons.